The van der Waals surface area contributed by atoms with Crippen molar-refractivity contribution in [2.75, 3.05) is 18.4 Å². The van der Waals surface area contributed by atoms with Gasteiger partial charge in [-0.3, -0.25) is 19.1 Å². The van der Waals surface area contributed by atoms with Crippen molar-refractivity contribution in [3.8, 4) is 5.75 Å². The molecule has 3 amide bonds. The third kappa shape index (κ3) is 11.5. The van der Waals surface area contributed by atoms with Gasteiger partial charge in [-0.15, -0.1) is 18.3 Å². The van der Waals surface area contributed by atoms with Crippen LogP contribution >= 0.6 is 0 Å². The molecule has 1 atom stereocenters. The van der Waals surface area contributed by atoms with Crippen LogP contribution in [0, 0.1) is 11.7 Å². The SMILES string of the molecule is CC(C)(C)OC(=O)N1CCC(CC(=O)Nc2ccn(CC(F)CCn3cc(C(=O)NCc4cccc(OC(F)(F)F)c4)nn3)c(=O)c2F)CC1. The Bertz CT molecular complexity index is 1710. The molecule has 1 unspecified atom stereocenters. The van der Waals surface area contributed by atoms with Crippen molar-refractivity contribution in [2.24, 2.45) is 5.92 Å². The molecule has 1 saturated heterocycles. The standard InChI is InChI=1S/C32H38F5N7O6/c1-31(2,3)50-30(48)42-11-7-20(8-12-42)16-26(45)39-24-10-13-43(29(47)27(24)34)18-22(33)9-14-44-19-25(40-41-44)28(46)38-17-21-5-4-6-23(15-21)49-32(35,36)37/h4-6,10,13,15,19-20,22H,7-9,11-12,14,16-18H2,1-3H3,(H,38,46)(H,39,45). The first-order valence-corrected chi connectivity index (χ1v) is 15.8. The summed E-state index contributed by atoms with van der Waals surface area (Å²) in [4.78, 5) is 51.4. The summed E-state index contributed by atoms with van der Waals surface area (Å²) in [5, 5.41) is 12.4. The molecule has 0 bridgehead atoms. The lowest BCUT2D eigenvalue weighted by molar-refractivity contribution is -0.274. The van der Waals surface area contributed by atoms with Crippen molar-refractivity contribution in [3.63, 3.8) is 0 Å². The largest absolute Gasteiger partial charge is 0.573 e. The van der Waals surface area contributed by atoms with Gasteiger partial charge in [-0.1, -0.05) is 17.3 Å². The summed E-state index contributed by atoms with van der Waals surface area (Å²) in [5.74, 6) is -2.89. The zero-order valence-corrected chi connectivity index (χ0v) is 27.6. The molecular weight excluding hydrogens is 673 g/mol. The van der Waals surface area contributed by atoms with E-state index in [1.165, 1.54) is 35.3 Å². The molecule has 0 saturated carbocycles. The molecule has 50 heavy (non-hydrogen) atoms. The van der Waals surface area contributed by atoms with Crippen molar-refractivity contribution in [2.45, 2.75) is 84.2 Å². The van der Waals surface area contributed by atoms with Gasteiger partial charge < -0.3 is 29.6 Å². The topological polar surface area (TPSA) is 150 Å². The number of halogens is 5. The van der Waals surface area contributed by atoms with E-state index >= 15 is 0 Å². The number of aryl methyl sites for hydroxylation is 1. The maximum absolute atomic E-state index is 14.9. The molecule has 0 radical (unpaired) electrons. The molecule has 13 nitrogen and oxygen atoms in total. The van der Waals surface area contributed by atoms with Crippen LogP contribution in [-0.2, 0) is 29.2 Å². The molecular formula is C32H38F5N7O6. The van der Waals surface area contributed by atoms with E-state index in [1.807, 2.05) is 0 Å². The number of hydrogen-bond acceptors (Lipinski definition) is 8. The second-order valence-corrected chi connectivity index (χ2v) is 12.8. The number of nitrogens with zero attached hydrogens (tertiary/aromatic N) is 5. The first-order chi connectivity index (χ1) is 23.5. The minimum atomic E-state index is -4.86. The Morgan fingerprint density at radius 2 is 1.82 bits per heavy atom. The number of nitrogens with one attached hydrogen (secondary N) is 2. The van der Waals surface area contributed by atoms with Gasteiger partial charge in [0, 0.05) is 38.8 Å². The second kappa shape index (κ2) is 16.1. The molecule has 1 fully saturated rings. The molecule has 0 aliphatic carbocycles. The molecule has 1 aromatic carbocycles. The number of rotatable bonds is 12. The van der Waals surface area contributed by atoms with Gasteiger partial charge in [0.1, 0.15) is 17.5 Å². The van der Waals surface area contributed by atoms with E-state index in [9.17, 15) is 41.1 Å². The van der Waals surface area contributed by atoms with Gasteiger partial charge in [-0.25, -0.2) is 9.18 Å². The average molecular weight is 712 g/mol. The molecule has 3 aromatic rings. The van der Waals surface area contributed by atoms with E-state index in [-0.39, 0.29) is 43.2 Å². The molecule has 1 aliphatic rings. The van der Waals surface area contributed by atoms with Crippen molar-refractivity contribution >= 4 is 23.6 Å². The number of amides is 3. The van der Waals surface area contributed by atoms with E-state index in [1.54, 1.807) is 25.7 Å². The van der Waals surface area contributed by atoms with Crippen LogP contribution in [0.5, 0.6) is 5.75 Å². The Balaban J connectivity index is 1.21. The Labute approximate surface area is 283 Å². The number of pyridine rings is 1. The summed E-state index contributed by atoms with van der Waals surface area (Å²) >= 11 is 0. The maximum Gasteiger partial charge on any atom is 0.573 e. The maximum atomic E-state index is 14.9. The highest BCUT2D eigenvalue weighted by Gasteiger charge is 2.31. The molecule has 2 N–H and O–H groups in total. The van der Waals surface area contributed by atoms with Crippen molar-refractivity contribution < 1.29 is 45.8 Å². The van der Waals surface area contributed by atoms with Gasteiger partial charge in [0.05, 0.1) is 18.4 Å². The van der Waals surface area contributed by atoms with Gasteiger partial charge in [0.25, 0.3) is 11.5 Å². The summed E-state index contributed by atoms with van der Waals surface area (Å²) in [5.41, 5.74) is -1.85. The van der Waals surface area contributed by atoms with E-state index < -0.39 is 59.7 Å². The third-order valence-electron chi connectivity index (χ3n) is 7.54. The average Bonchev–Trinajstić information content (AvgIpc) is 3.51. The quantitative estimate of drug-likeness (QED) is 0.254. The highest BCUT2D eigenvalue weighted by atomic mass is 19.4. The lowest BCUT2D eigenvalue weighted by Crippen LogP contribution is -2.42. The Morgan fingerprint density at radius 3 is 2.50 bits per heavy atom. The summed E-state index contributed by atoms with van der Waals surface area (Å²) in [6, 6.07) is 6.24. The Hall–Kier alpha value is -5.03. The fourth-order valence-electron chi connectivity index (χ4n) is 5.11. The third-order valence-corrected chi connectivity index (χ3v) is 7.54. The van der Waals surface area contributed by atoms with Crippen molar-refractivity contribution in [3.05, 3.63) is 70.2 Å². The van der Waals surface area contributed by atoms with Gasteiger partial charge in [0.2, 0.25) is 11.7 Å². The van der Waals surface area contributed by atoms with Crippen LogP contribution in [0.25, 0.3) is 0 Å². The number of hydrogen-bond donors (Lipinski definition) is 2. The smallest absolute Gasteiger partial charge is 0.444 e. The molecule has 1 aliphatic heterocycles. The molecule has 18 heteroatoms. The number of piperidine rings is 1. The monoisotopic (exact) mass is 711 g/mol. The number of aromatic nitrogens is 4. The number of carbonyl (C=O) groups excluding carboxylic acids is 3. The van der Waals surface area contributed by atoms with Gasteiger partial charge in [-0.2, -0.15) is 4.39 Å². The van der Waals surface area contributed by atoms with Crippen LogP contribution in [0.4, 0.5) is 32.4 Å². The van der Waals surface area contributed by atoms with Crippen molar-refractivity contribution in [1.82, 2.24) is 29.8 Å². The van der Waals surface area contributed by atoms with E-state index in [0.29, 0.717) is 31.5 Å². The minimum absolute atomic E-state index is 0.0413. The van der Waals surface area contributed by atoms with Crippen LogP contribution in [0.3, 0.4) is 0 Å². The molecule has 272 valence electrons. The van der Waals surface area contributed by atoms with Crippen LogP contribution in [-0.4, -0.2) is 73.6 Å². The molecule has 3 heterocycles. The summed E-state index contributed by atoms with van der Waals surface area (Å²) in [7, 11) is 0. The predicted molar refractivity (Wildman–Crippen MR) is 168 cm³/mol. The fraction of sp³-hybridized carbons (Fsp3) is 0.500. The fourth-order valence-corrected chi connectivity index (χ4v) is 5.11. The van der Waals surface area contributed by atoms with Gasteiger partial charge in [-0.05, 0) is 69.7 Å². The molecule has 2 aromatic heterocycles. The number of likely N-dealkylation sites (tertiary alicyclic amines) is 1. The normalized spacial score (nSPS) is 14.6. The lowest BCUT2D eigenvalue weighted by atomic mass is 9.93. The summed E-state index contributed by atoms with van der Waals surface area (Å²) in [6.07, 6.45) is -3.46. The number of alkyl halides is 4. The van der Waals surface area contributed by atoms with Gasteiger partial charge >= 0.3 is 12.5 Å². The van der Waals surface area contributed by atoms with E-state index in [0.717, 1.165) is 16.7 Å². The lowest BCUT2D eigenvalue weighted by Gasteiger charge is -2.33. The van der Waals surface area contributed by atoms with Crippen LogP contribution < -0.4 is 20.9 Å². The van der Waals surface area contributed by atoms with Crippen molar-refractivity contribution in [1.29, 1.82) is 0 Å². The van der Waals surface area contributed by atoms with Crippen LogP contribution in [0.2, 0.25) is 0 Å². The predicted octanol–water partition coefficient (Wildman–Crippen LogP) is 4.81. The zero-order chi connectivity index (χ0) is 36.6. The Morgan fingerprint density at radius 1 is 1.10 bits per heavy atom. The highest BCUT2D eigenvalue weighted by Crippen LogP contribution is 2.24. The summed E-state index contributed by atoms with van der Waals surface area (Å²) < 4.78 is 78.3. The molecule has 0 spiro atoms. The summed E-state index contributed by atoms with van der Waals surface area (Å²) in [6.45, 7) is 5.51. The first-order valence-electron chi connectivity index (χ1n) is 15.8. The molecule has 4 rings (SSSR count). The number of carbonyl (C=O) groups is 3. The zero-order valence-electron chi connectivity index (χ0n) is 27.6. The number of ether oxygens (including phenoxy) is 2. The number of anilines is 1. The van der Waals surface area contributed by atoms with Gasteiger partial charge in [0.15, 0.2) is 5.69 Å². The number of benzene rings is 1. The van der Waals surface area contributed by atoms with Crippen LogP contribution in [0.15, 0.2) is 47.5 Å². The highest BCUT2D eigenvalue weighted by molar-refractivity contribution is 5.92. The van der Waals surface area contributed by atoms with E-state index in [4.69, 9.17) is 4.74 Å². The first kappa shape index (κ1) is 37.8. The minimum Gasteiger partial charge on any atom is -0.444 e. The Kier molecular flexibility index (Phi) is 12.2. The second-order valence-electron chi connectivity index (χ2n) is 12.8. The van der Waals surface area contributed by atoms with E-state index in [2.05, 4.69) is 25.7 Å². The van der Waals surface area contributed by atoms with Crippen LogP contribution in [0.1, 0.15) is 62.5 Å².